The standard InChI is InChI=1S/C12H19NO/c1-12(2,3)14-11-6-4-5-10(9-11)7-8-13/h4-6,9H,7-8,13H2,1-3H3. The lowest BCUT2D eigenvalue weighted by Crippen LogP contribution is -2.23. The third-order valence-electron chi connectivity index (χ3n) is 1.76. The van der Waals surface area contributed by atoms with Crippen LogP contribution >= 0.6 is 0 Å². The second-order valence-electron chi connectivity index (χ2n) is 4.40. The smallest absolute Gasteiger partial charge is 0.120 e. The minimum atomic E-state index is -0.138. The minimum Gasteiger partial charge on any atom is -0.488 e. The summed E-state index contributed by atoms with van der Waals surface area (Å²) < 4.78 is 5.75. The summed E-state index contributed by atoms with van der Waals surface area (Å²) in [6, 6.07) is 8.11. The normalized spacial score (nSPS) is 11.4. The topological polar surface area (TPSA) is 35.2 Å². The first-order valence-corrected chi connectivity index (χ1v) is 4.99. The van der Waals surface area contributed by atoms with Crippen molar-refractivity contribution in [2.75, 3.05) is 6.54 Å². The van der Waals surface area contributed by atoms with Crippen molar-refractivity contribution in [3.8, 4) is 5.75 Å². The van der Waals surface area contributed by atoms with Crippen LogP contribution < -0.4 is 10.5 Å². The molecular weight excluding hydrogens is 174 g/mol. The Balaban J connectivity index is 2.73. The van der Waals surface area contributed by atoms with Crippen molar-refractivity contribution in [2.24, 2.45) is 5.73 Å². The maximum atomic E-state index is 5.75. The minimum absolute atomic E-state index is 0.138. The highest BCUT2D eigenvalue weighted by atomic mass is 16.5. The summed E-state index contributed by atoms with van der Waals surface area (Å²) in [4.78, 5) is 0. The second-order valence-corrected chi connectivity index (χ2v) is 4.40. The van der Waals surface area contributed by atoms with Crippen molar-refractivity contribution in [1.82, 2.24) is 0 Å². The van der Waals surface area contributed by atoms with Gasteiger partial charge in [-0.05, 0) is 51.4 Å². The highest BCUT2D eigenvalue weighted by molar-refractivity contribution is 5.29. The zero-order valence-corrected chi connectivity index (χ0v) is 9.21. The maximum absolute atomic E-state index is 5.75. The molecule has 0 aliphatic rings. The summed E-state index contributed by atoms with van der Waals surface area (Å²) in [5, 5.41) is 0. The molecule has 1 rings (SSSR count). The first-order chi connectivity index (χ1) is 6.51. The van der Waals surface area contributed by atoms with E-state index >= 15 is 0 Å². The molecule has 0 saturated heterocycles. The van der Waals surface area contributed by atoms with Crippen LogP contribution in [0.25, 0.3) is 0 Å². The van der Waals surface area contributed by atoms with Crippen LogP contribution in [0.5, 0.6) is 5.75 Å². The summed E-state index contributed by atoms with van der Waals surface area (Å²) in [6.45, 7) is 6.81. The Bertz CT molecular complexity index is 289. The Kier molecular flexibility index (Phi) is 3.53. The summed E-state index contributed by atoms with van der Waals surface area (Å²) in [7, 11) is 0. The average Bonchev–Trinajstić information content (AvgIpc) is 2.02. The van der Waals surface area contributed by atoms with Crippen LogP contribution in [-0.2, 0) is 6.42 Å². The third-order valence-corrected chi connectivity index (χ3v) is 1.76. The van der Waals surface area contributed by atoms with E-state index in [4.69, 9.17) is 10.5 Å². The van der Waals surface area contributed by atoms with Gasteiger partial charge in [-0.3, -0.25) is 0 Å². The Morgan fingerprint density at radius 2 is 2.00 bits per heavy atom. The highest BCUT2D eigenvalue weighted by Gasteiger charge is 2.11. The fourth-order valence-corrected chi connectivity index (χ4v) is 1.28. The van der Waals surface area contributed by atoms with Gasteiger partial charge in [-0.25, -0.2) is 0 Å². The fourth-order valence-electron chi connectivity index (χ4n) is 1.28. The summed E-state index contributed by atoms with van der Waals surface area (Å²) in [6.07, 6.45) is 0.904. The molecule has 0 fully saturated rings. The van der Waals surface area contributed by atoms with Gasteiger partial charge in [-0.15, -0.1) is 0 Å². The van der Waals surface area contributed by atoms with Gasteiger partial charge in [-0.2, -0.15) is 0 Å². The molecule has 2 nitrogen and oxygen atoms in total. The molecule has 0 amide bonds. The van der Waals surface area contributed by atoms with Crippen LogP contribution in [0.3, 0.4) is 0 Å². The van der Waals surface area contributed by atoms with Crippen molar-refractivity contribution >= 4 is 0 Å². The van der Waals surface area contributed by atoms with Crippen molar-refractivity contribution < 1.29 is 4.74 Å². The molecule has 0 bridgehead atoms. The van der Waals surface area contributed by atoms with Crippen molar-refractivity contribution in [3.05, 3.63) is 29.8 Å². The molecule has 0 heterocycles. The molecule has 0 spiro atoms. The molecule has 0 aromatic heterocycles. The van der Waals surface area contributed by atoms with Gasteiger partial charge in [0.1, 0.15) is 11.4 Å². The van der Waals surface area contributed by atoms with Crippen molar-refractivity contribution in [1.29, 1.82) is 0 Å². The van der Waals surface area contributed by atoms with E-state index in [2.05, 4.69) is 12.1 Å². The SMILES string of the molecule is CC(C)(C)Oc1cccc(CCN)c1. The lowest BCUT2D eigenvalue weighted by molar-refractivity contribution is 0.131. The van der Waals surface area contributed by atoms with Crippen LogP contribution in [0.4, 0.5) is 0 Å². The summed E-state index contributed by atoms with van der Waals surface area (Å²) in [5.74, 6) is 0.920. The highest BCUT2D eigenvalue weighted by Crippen LogP contribution is 2.19. The molecule has 78 valence electrons. The molecular formula is C12H19NO. The van der Waals surface area contributed by atoms with E-state index < -0.39 is 0 Å². The molecule has 14 heavy (non-hydrogen) atoms. The quantitative estimate of drug-likeness (QED) is 0.799. The van der Waals surface area contributed by atoms with Gasteiger partial charge < -0.3 is 10.5 Å². The lowest BCUT2D eigenvalue weighted by atomic mass is 10.1. The maximum Gasteiger partial charge on any atom is 0.120 e. The predicted molar refractivity (Wildman–Crippen MR) is 59.6 cm³/mol. The number of rotatable bonds is 3. The second kappa shape index (κ2) is 4.47. The summed E-state index contributed by atoms with van der Waals surface area (Å²) >= 11 is 0. The van der Waals surface area contributed by atoms with E-state index in [0.717, 1.165) is 12.2 Å². The van der Waals surface area contributed by atoms with E-state index in [1.54, 1.807) is 0 Å². The molecule has 2 N–H and O–H groups in total. The van der Waals surface area contributed by atoms with Gasteiger partial charge in [0, 0.05) is 0 Å². The molecule has 0 atom stereocenters. The Morgan fingerprint density at radius 3 is 2.57 bits per heavy atom. The van der Waals surface area contributed by atoms with Gasteiger partial charge in [0.05, 0.1) is 0 Å². The fraction of sp³-hybridized carbons (Fsp3) is 0.500. The van der Waals surface area contributed by atoms with E-state index in [1.165, 1.54) is 5.56 Å². The first-order valence-electron chi connectivity index (χ1n) is 4.99. The van der Waals surface area contributed by atoms with Gasteiger partial charge >= 0.3 is 0 Å². The number of ether oxygens (including phenoxy) is 1. The molecule has 1 aromatic carbocycles. The van der Waals surface area contributed by atoms with Crippen molar-refractivity contribution in [2.45, 2.75) is 32.8 Å². The molecule has 0 aliphatic heterocycles. The number of nitrogens with two attached hydrogens (primary N) is 1. The molecule has 0 saturated carbocycles. The number of benzene rings is 1. The lowest BCUT2D eigenvalue weighted by Gasteiger charge is -2.21. The van der Waals surface area contributed by atoms with Crippen LogP contribution in [0, 0.1) is 0 Å². The molecule has 2 heteroatoms. The van der Waals surface area contributed by atoms with Crippen molar-refractivity contribution in [3.63, 3.8) is 0 Å². The van der Waals surface area contributed by atoms with Gasteiger partial charge in [-0.1, -0.05) is 12.1 Å². The molecule has 0 radical (unpaired) electrons. The Labute approximate surface area is 86.1 Å². The van der Waals surface area contributed by atoms with E-state index in [-0.39, 0.29) is 5.60 Å². The van der Waals surface area contributed by atoms with E-state index in [0.29, 0.717) is 6.54 Å². The van der Waals surface area contributed by atoms with Gasteiger partial charge in [0.15, 0.2) is 0 Å². The van der Waals surface area contributed by atoms with Crippen LogP contribution in [0.15, 0.2) is 24.3 Å². The van der Waals surface area contributed by atoms with Gasteiger partial charge in [0.25, 0.3) is 0 Å². The van der Waals surface area contributed by atoms with Crippen LogP contribution in [-0.4, -0.2) is 12.1 Å². The van der Waals surface area contributed by atoms with Gasteiger partial charge in [0.2, 0.25) is 0 Å². The van der Waals surface area contributed by atoms with E-state index in [1.807, 2.05) is 32.9 Å². The molecule has 0 aliphatic carbocycles. The zero-order chi connectivity index (χ0) is 10.6. The Morgan fingerprint density at radius 1 is 1.29 bits per heavy atom. The molecule has 1 aromatic rings. The van der Waals surface area contributed by atoms with E-state index in [9.17, 15) is 0 Å². The number of hydrogen-bond donors (Lipinski definition) is 1. The van der Waals surface area contributed by atoms with Crippen LogP contribution in [0.2, 0.25) is 0 Å². The average molecular weight is 193 g/mol. The summed E-state index contributed by atoms with van der Waals surface area (Å²) in [5.41, 5.74) is 6.59. The monoisotopic (exact) mass is 193 g/mol. The largest absolute Gasteiger partial charge is 0.488 e. The van der Waals surface area contributed by atoms with Crippen LogP contribution in [0.1, 0.15) is 26.3 Å². The molecule has 0 unspecified atom stereocenters. The number of hydrogen-bond acceptors (Lipinski definition) is 2. The third kappa shape index (κ3) is 3.79. The zero-order valence-electron chi connectivity index (χ0n) is 9.21. The predicted octanol–water partition coefficient (Wildman–Crippen LogP) is 2.37. The Hall–Kier alpha value is -1.02. The first kappa shape index (κ1) is 11.1.